The summed E-state index contributed by atoms with van der Waals surface area (Å²) in [5, 5.41) is 23.5. The molecule has 0 fully saturated rings. The number of amides is 3. The van der Waals surface area contributed by atoms with E-state index in [0.717, 1.165) is 0 Å². The van der Waals surface area contributed by atoms with Gasteiger partial charge in [-0.3, -0.25) is 24.0 Å². The predicted octanol–water partition coefficient (Wildman–Crippen LogP) is -3.39. The molecule has 0 bridgehead atoms. The van der Waals surface area contributed by atoms with Gasteiger partial charge in [-0.2, -0.15) is 0 Å². The van der Waals surface area contributed by atoms with Crippen LogP contribution in [0.3, 0.4) is 0 Å². The van der Waals surface area contributed by atoms with Crippen LogP contribution < -0.4 is 21.7 Å². The highest BCUT2D eigenvalue weighted by atomic mass is 16.4. The van der Waals surface area contributed by atoms with E-state index in [9.17, 15) is 24.0 Å². The van der Waals surface area contributed by atoms with Crippen LogP contribution >= 0.6 is 0 Å². The van der Waals surface area contributed by atoms with Crippen molar-refractivity contribution in [1.29, 1.82) is 0 Å². The topological polar surface area (TPSA) is 188 Å². The molecule has 0 radical (unpaired) electrons. The number of carboxylic acids is 2. The zero-order valence-electron chi connectivity index (χ0n) is 11.6. The Morgan fingerprint density at radius 3 is 2.05 bits per heavy atom. The van der Waals surface area contributed by atoms with E-state index in [-0.39, 0.29) is 13.0 Å². The van der Waals surface area contributed by atoms with Crippen LogP contribution in [0.5, 0.6) is 0 Å². The van der Waals surface area contributed by atoms with Crippen molar-refractivity contribution in [2.24, 2.45) is 5.73 Å². The molecule has 7 N–H and O–H groups in total. The molecule has 3 amide bonds. The standard InChI is InChI=1S/C11H18N4O7/c12-3-7(16)13-4-8(17)15-6(1-2-9(18)19)11(22)14-5-10(20)21/h6H,1-5,12H2,(H,13,16)(H,14,22)(H,15,17)(H,18,19)(H,20,21). The number of carboxylic acid groups (broad SMARTS) is 2. The Balaban J connectivity index is 4.53. The average molecular weight is 318 g/mol. The second kappa shape index (κ2) is 10.1. The number of carbonyl (C=O) groups excluding carboxylic acids is 3. The highest BCUT2D eigenvalue weighted by molar-refractivity contribution is 5.91. The van der Waals surface area contributed by atoms with Crippen molar-refractivity contribution in [2.45, 2.75) is 18.9 Å². The Morgan fingerprint density at radius 1 is 0.909 bits per heavy atom. The molecule has 0 aromatic rings. The second-order valence-electron chi connectivity index (χ2n) is 4.14. The molecule has 0 rings (SSSR count). The quantitative estimate of drug-likeness (QED) is 0.240. The molecular formula is C11H18N4O7. The Kier molecular flexibility index (Phi) is 8.86. The number of hydrogen-bond donors (Lipinski definition) is 6. The van der Waals surface area contributed by atoms with Gasteiger partial charge in [-0.1, -0.05) is 0 Å². The van der Waals surface area contributed by atoms with Gasteiger partial charge in [0, 0.05) is 6.42 Å². The SMILES string of the molecule is NCC(=O)NCC(=O)NC(CCC(=O)O)C(=O)NCC(=O)O. The van der Waals surface area contributed by atoms with Crippen molar-refractivity contribution in [1.82, 2.24) is 16.0 Å². The van der Waals surface area contributed by atoms with Crippen LogP contribution in [0.25, 0.3) is 0 Å². The van der Waals surface area contributed by atoms with Crippen molar-refractivity contribution < 1.29 is 34.2 Å². The van der Waals surface area contributed by atoms with Crippen LogP contribution in [0.2, 0.25) is 0 Å². The Bertz CT molecular complexity index is 452. The first-order valence-corrected chi connectivity index (χ1v) is 6.23. The van der Waals surface area contributed by atoms with Gasteiger partial charge in [-0.15, -0.1) is 0 Å². The molecule has 0 spiro atoms. The van der Waals surface area contributed by atoms with Crippen molar-refractivity contribution in [3.05, 3.63) is 0 Å². The molecule has 0 heterocycles. The summed E-state index contributed by atoms with van der Waals surface area (Å²) >= 11 is 0. The Morgan fingerprint density at radius 2 is 1.55 bits per heavy atom. The first-order chi connectivity index (χ1) is 10.3. The lowest BCUT2D eigenvalue weighted by molar-refractivity contribution is -0.140. The minimum Gasteiger partial charge on any atom is -0.481 e. The van der Waals surface area contributed by atoms with E-state index in [1.54, 1.807) is 0 Å². The fourth-order valence-corrected chi connectivity index (χ4v) is 1.32. The van der Waals surface area contributed by atoms with Gasteiger partial charge in [-0.25, -0.2) is 0 Å². The monoisotopic (exact) mass is 318 g/mol. The maximum absolute atomic E-state index is 11.7. The summed E-state index contributed by atoms with van der Waals surface area (Å²) in [5.41, 5.74) is 5.03. The van der Waals surface area contributed by atoms with Crippen LogP contribution in [-0.4, -0.2) is 65.5 Å². The molecule has 0 aromatic carbocycles. The lowest BCUT2D eigenvalue weighted by Gasteiger charge is -2.17. The normalized spacial score (nSPS) is 11.1. The smallest absolute Gasteiger partial charge is 0.322 e. The lowest BCUT2D eigenvalue weighted by Crippen LogP contribution is -2.50. The number of nitrogens with two attached hydrogens (primary N) is 1. The molecule has 0 aliphatic rings. The fourth-order valence-electron chi connectivity index (χ4n) is 1.32. The van der Waals surface area contributed by atoms with E-state index in [1.165, 1.54) is 0 Å². The third-order valence-corrected chi connectivity index (χ3v) is 2.34. The maximum Gasteiger partial charge on any atom is 0.322 e. The molecule has 0 aromatic heterocycles. The molecule has 0 aliphatic heterocycles. The van der Waals surface area contributed by atoms with Gasteiger partial charge in [0.2, 0.25) is 17.7 Å². The molecule has 11 heteroatoms. The largest absolute Gasteiger partial charge is 0.481 e. The second-order valence-corrected chi connectivity index (χ2v) is 4.14. The number of aliphatic carboxylic acids is 2. The lowest BCUT2D eigenvalue weighted by atomic mass is 10.1. The van der Waals surface area contributed by atoms with Gasteiger partial charge in [0.05, 0.1) is 13.1 Å². The van der Waals surface area contributed by atoms with Crippen molar-refractivity contribution >= 4 is 29.7 Å². The summed E-state index contributed by atoms with van der Waals surface area (Å²) in [4.78, 5) is 55.0. The van der Waals surface area contributed by atoms with Crippen molar-refractivity contribution in [3.8, 4) is 0 Å². The third kappa shape index (κ3) is 9.25. The molecule has 0 saturated carbocycles. The zero-order chi connectivity index (χ0) is 17.1. The first-order valence-electron chi connectivity index (χ1n) is 6.23. The van der Waals surface area contributed by atoms with E-state index < -0.39 is 55.2 Å². The number of carbonyl (C=O) groups is 5. The summed E-state index contributed by atoms with van der Waals surface area (Å²) in [5.74, 6) is -4.61. The predicted molar refractivity (Wildman–Crippen MR) is 71.5 cm³/mol. The number of rotatable bonds is 10. The molecule has 0 saturated heterocycles. The van der Waals surface area contributed by atoms with Crippen molar-refractivity contribution in [3.63, 3.8) is 0 Å². The summed E-state index contributed by atoms with van der Waals surface area (Å²) in [7, 11) is 0. The maximum atomic E-state index is 11.7. The van der Waals surface area contributed by atoms with Gasteiger partial charge in [0.15, 0.2) is 0 Å². The highest BCUT2D eigenvalue weighted by Gasteiger charge is 2.22. The van der Waals surface area contributed by atoms with Crippen LogP contribution in [0.1, 0.15) is 12.8 Å². The van der Waals surface area contributed by atoms with E-state index in [0.29, 0.717) is 0 Å². The molecular weight excluding hydrogens is 300 g/mol. The van der Waals surface area contributed by atoms with E-state index in [2.05, 4.69) is 10.6 Å². The molecule has 1 unspecified atom stereocenters. The molecule has 0 aliphatic carbocycles. The van der Waals surface area contributed by atoms with Gasteiger partial charge < -0.3 is 31.9 Å². The molecule has 1 atom stereocenters. The summed E-state index contributed by atoms with van der Waals surface area (Å²) < 4.78 is 0. The van der Waals surface area contributed by atoms with Crippen LogP contribution in [0.4, 0.5) is 0 Å². The number of hydrogen-bond acceptors (Lipinski definition) is 6. The minimum absolute atomic E-state index is 0.225. The Labute approximate surface area is 125 Å². The molecule has 22 heavy (non-hydrogen) atoms. The zero-order valence-corrected chi connectivity index (χ0v) is 11.6. The highest BCUT2D eigenvalue weighted by Crippen LogP contribution is 1.98. The van der Waals surface area contributed by atoms with E-state index in [4.69, 9.17) is 15.9 Å². The average Bonchev–Trinajstić information content (AvgIpc) is 2.46. The minimum atomic E-state index is -1.29. The molecule has 11 nitrogen and oxygen atoms in total. The molecule has 124 valence electrons. The summed E-state index contributed by atoms with van der Waals surface area (Å²) in [6.45, 7) is -1.41. The third-order valence-electron chi connectivity index (χ3n) is 2.34. The number of nitrogens with one attached hydrogen (secondary N) is 3. The van der Waals surface area contributed by atoms with Crippen LogP contribution in [0.15, 0.2) is 0 Å². The summed E-state index contributed by atoms with van der Waals surface area (Å²) in [6, 6.07) is -1.22. The van der Waals surface area contributed by atoms with E-state index in [1.807, 2.05) is 5.32 Å². The van der Waals surface area contributed by atoms with E-state index >= 15 is 0 Å². The fraction of sp³-hybridized carbons (Fsp3) is 0.545. The van der Waals surface area contributed by atoms with Gasteiger partial charge in [-0.05, 0) is 6.42 Å². The van der Waals surface area contributed by atoms with Crippen LogP contribution in [-0.2, 0) is 24.0 Å². The summed E-state index contributed by atoms with van der Waals surface area (Å²) in [6.07, 6.45) is -0.627. The van der Waals surface area contributed by atoms with Crippen LogP contribution in [0, 0.1) is 0 Å². The van der Waals surface area contributed by atoms with Gasteiger partial charge in [0.1, 0.15) is 12.6 Å². The van der Waals surface area contributed by atoms with Crippen molar-refractivity contribution in [2.75, 3.05) is 19.6 Å². The van der Waals surface area contributed by atoms with Gasteiger partial charge >= 0.3 is 11.9 Å². The van der Waals surface area contributed by atoms with Gasteiger partial charge in [0.25, 0.3) is 0 Å². The Hall–Kier alpha value is -2.69. The first kappa shape index (κ1) is 19.3.